The van der Waals surface area contributed by atoms with Crippen molar-refractivity contribution in [2.24, 2.45) is 5.16 Å². The van der Waals surface area contributed by atoms with Crippen molar-refractivity contribution < 1.29 is 89.0 Å². The fourth-order valence-corrected chi connectivity index (χ4v) is 2.92. The first-order valence-electron chi connectivity index (χ1n) is 11.0. The van der Waals surface area contributed by atoms with E-state index in [1.807, 2.05) is 0 Å². The molecule has 0 radical (unpaired) electrons. The molecule has 0 aromatic heterocycles. The van der Waals surface area contributed by atoms with Crippen molar-refractivity contribution in [2.45, 2.75) is 79.9 Å². The first-order valence-corrected chi connectivity index (χ1v) is 11.0. The van der Waals surface area contributed by atoms with Gasteiger partial charge in [-0.1, -0.05) is 35.5 Å². The summed E-state index contributed by atoms with van der Waals surface area (Å²) in [5.74, 6) is -57.2. The van der Waals surface area contributed by atoms with E-state index >= 15 is 0 Å². The Bertz CT molecular complexity index is 1250. The molecule has 0 aliphatic carbocycles. The molecule has 22 heteroatoms. The number of alkyl halides is 17. The zero-order chi connectivity index (χ0) is 35.0. The molecule has 0 aliphatic rings. The van der Waals surface area contributed by atoms with Crippen LogP contribution >= 0.6 is 0 Å². The maximum atomic E-state index is 14.1. The van der Waals surface area contributed by atoms with Gasteiger partial charge in [-0.15, -0.1) is 0 Å². The molecule has 0 fully saturated rings. The van der Waals surface area contributed by atoms with E-state index in [1.54, 1.807) is 0 Å². The lowest BCUT2D eigenvalue weighted by molar-refractivity contribution is -0.462. The van der Waals surface area contributed by atoms with Crippen molar-refractivity contribution in [1.29, 1.82) is 5.26 Å². The predicted molar refractivity (Wildman–Crippen MR) is 110 cm³/mol. The van der Waals surface area contributed by atoms with Gasteiger partial charge < -0.3 is 4.74 Å². The van der Waals surface area contributed by atoms with Crippen LogP contribution in [-0.2, 0) is 9.57 Å². The zero-order valence-electron chi connectivity index (χ0n) is 21.3. The van der Waals surface area contributed by atoms with Gasteiger partial charge in [-0.25, -0.2) is 4.79 Å². The Balaban J connectivity index is 3.23. The van der Waals surface area contributed by atoms with Gasteiger partial charge in [-0.3, -0.25) is 4.84 Å². The van der Waals surface area contributed by atoms with E-state index < -0.39 is 77.9 Å². The lowest BCUT2D eigenvalue weighted by atomic mass is 9.87. The second kappa shape index (κ2) is 11.8. The first kappa shape index (κ1) is 38.5. The van der Waals surface area contributed by atoms with Crippen molar-refractivity contribution >= 4 is 11.9 Å². The standard InChI is InChI=1S/C22H15F17N2O3/c1-14(2,43-13(42)44-41-12(10-40)11-6-4-3-5-7-11)8-9-15(23,24)16(25,26)17(27,28)18(29,30)19(31,32)20(33,34)21(35,36)22(37,38)39/h3-7H,8-9H2,1-2H3/b41-12-. The number of halogens is 17. The highest BCUT2D eigenvalue weighted by molar-refractivity contribution is 6.11. The topological polar surface area (TPSA) is 71.7 Å². The number of hydrogen-bond acceptors (Lipinski definition) is 5. The quantitative estimate of drug-likeness (QED) is 0.0730. The number of nitriles is 1. The Labute approximate surface area is 234 Å². The summed E-state index contributed by atoms with van der Waals surface area (Å²) in [6, 6.07) is 8.36. The van der Waals surface area contributed by atoms with Crippen molar-refractivity contribution in [3.63, 3.8) is 0 Å². The number of oxime groups is 1. The first-order chi connectivity index (χ1) is 19.4. The third kappa shape index (κ3) is 6.60. The van der Waals surface area contributed by atoms with Gasteiger partial charge in [0.1, 0.15) is 11.7 Å². The Morgan fingerprint density at radius 3 is 1.50 bits per heavy atom. The van der Waals surface area contributed by atoms with E-state index in [1.165, 1.54) is 36.4 Å². The molecule has 1 rings (SSSR count). The lowest BCUT2D eigenvalue weighted by Crippen LogP contribution is -2.74. The normalized spacial score (nSPS) is 15.1. The Kier molecular flexibility index (Phi) is 10.3. The van der Waals surface area contributed by atoms with E-state index in [9.17, 15) is 79.4 Å². The molecule has 0 N–H and O–H groups in total. The molecule has 0 bridgehead atoms. The van der Waals surface area contributed by atoms with E-state index in [4.69, 9.17) is 5.26 Å². The van der Waals surface area contributed by atoms with Gasteiger partial charge in [0.2, 0.25) is 0 Å². The van der Waals surface area contributed by atoms with Crippen LogP contribution in [0.2, 0.25) is 0 Å². The van der Waals surface area contributed by atoms with Crippen LogP contribution in [0, 0.1) is 11.3 Å². The fourth-order valence-electron chi connectivity index (χ4n) is 2.92. The van der Waals surface area contributed by atoms with Gasteiger partial charge in [0.05, 0.1) is 0 Å². The maximum absolute atomic E-state index is 14.1. The van der Waals surface area contributed by atoms with Gasteiger partial charge in [0.25, 0.3) is 0 Å². The summed E-state index contributed by atoms with van der Waals surface area (Å²) in [5.41, 5.74) is -3.04. The summed E-state index contributed by atoms with van der Waals surface area (Å²) in [5, 5.41) is 12.1. The number of carbonyl (C=O) groups excluding carboxylic acids is 1. The van der Waals surface area contributed by atoms with Crippen LogP contribution in [-0.4, -0.2) is 65.1 Å². The molecular weight excluding hydrogens is 663 g/mol. The van der Waals surface area contributed by atoms with Crippen molar-refractivity contribution in [1.82, 2.24) is 0 Å². The number of benzene rings is 1. The third-order valence-electron chi connectivity index (χ3n) is 5.55. The SMILES string of the molecule is CC(C)(CCC(F)(F)C(F)(F)C(F)(F)C(F)(F)C(F)(F)C(F)(F)C(F)(F)C(F)(F)F)OC(=O)O/N=C(/C#N)c1ccccc1. The molecular formula is C22H15F17N2O3. The van der Waals surface area contributed by atoms with Gasteiger partial charge in [0, 0.05) is 12.0 Å². The number of rotatable bonds is 12. The second-order valence-electron chi connectivity index (χ2n) is 9.27. The second-order valence-corrected chi connectivity index (χ2v) is 9.27. The van der Waals surface area contributed by atoms with Crippen molar-refractivity contribution in [3.05, 3.63) is 35.9 Å². The smallest absolute Gasteiger partial charge is 0.427 e. The monoisotopic (exact) mass is 678 g/mol. The van der Waals surface area contributed by atoms with Crippen LogP contribution in [0.25, 0.3) is 0 Å². The molecule has 0 saturated carbocycles. The summed E-state index contributed by atoms with van der Waals surface area (Å²) < 4.78 is 232. The molecule has 0 heterocycles. The molecule has 250 valence electrons. The molecule has 0 spiro atoms. The molecule has 5 nitrogen and oxygen atoms in total. The number of nitrogens with zero attached hydrogens (tertiary/aromatic N) is 2. The van der Waals surface area contributed by atoms with E-state index in [2.05, 4.69) is 14.7 Å². The minimum Gasteiger partial charge on any atom is -0.427 e. The lowest BCUT2D eigenvalue weighted by Gasteiger charge is -2.43. The molecule has 0 amide bonds. The molecule has 0 unspecified atom stereocenters. The summed E-state index contributed by atoms with van der Waals surface area (Å²) in [4.78, 5) is 15.9. The molecule has 1 aromatic carbocycles. The predicted octanol–water partition coefficient (Wildman–Crippen LogP) is 8.64. The van der Waals surface area contributed by atoms with Crippen LogP contribution in [0.5, 0.6) is 0 Å². The highest BCUT2D eigenvalue weighted by Gasteiger charge is 2.95. The van der Waals surface area contributed by atoms with E-state index in [0.29, 0.717) is 13.8 Å². The van der Waals surface area contributed by atoms with Crippen molar-refractivity contribution in [3.8, 4) is 6.07 Å². The van der Waals surface area contributed by atoms with Gasteiger partial charge in [-0.2, -0.15) is 79.9 Å². The Hall–Kier alpha value is -3.54. The maximum Gasteiger partial charge on any atom is 0.535 e. The van der Waals surface area contributed by atoms with Gasteiger partial charge in [0.15, 0.2) is 5.71 Å². The minimum atomic E-state index is -8.73. The van der Waals surface area contributed by atoms with Crippen LogP contribution in [0.3, 0.4) is 0 Å². The molecule has 0 aliphatic heterocycles. The average Bonchev–Trinajstić information content (AvgIpc) is 2.87. The summed E-state index contributed by atoms with van der Waals surface area (Å²) in [6.45, 7) is 1.16. The summed E-state index contributed by atoms with van der Waals surface area (Å²) in [7, 11) is 0. The Morgan fingerprint density at radius 2 is 1.09 bits per heavy atom. The molecule has 0 atom stereocenters. The van der Waals surface area contributed by atoms with Crippen molar-refractivity contribution in [2.75, 3.05) is 0 Å². The number of ether oxygens (including phenoxy) is 1. The molecule has 1 aromatic rings. The highest BCUT2D eigenvalue weighted by Crippen LogP contribution is 2.64. The molecule has 0 saturated heterocycles. The Morgan fingerprint density at radius 1 is 0.682 bits per heavy atom. The van der Waals surface area contributed by atoms with Crippen LogP contribution in [0.1, 0.15) is 32.3 Å². The minimum absolute atomic E-state index is 0.0622. The van der Waals surface area contributed by atoms with E-state index in [-0.39, 0.29) is 5.56 Å². The van der Waals surface area contributed by atoms with Crippen LogP contribution in [0.4, 0.5) is 79.4 Å². The number of hydrogen-bond donors (Lipinski definition) is 0. The molecule has 44 heavy (non-hydrogen) atoms. The van der Waals surface area contributed by atoms with Gasteiger partial charge in [-0.05, 0) is 20.3 Å². The largest absolute Gasteiger partial charge is 0.535 e. The third-order valence-corrected chi connectivity index (χ3v) is 5.55. The van der Waals surface area contributed by atoms with Gasteiger partial charge >= 0.3 is 53.8 Å². The average molecular weight is 678 g/mol. The van der Waals surface area contributed by atoms with Crippen LogP contribution < -0.4 is 0 Å². The number of carbonyl (C=O) groups is 1. The van der Waals surface area contributed by atoms with Crippen LogP contribution in [0.15, 0.2) is 35.5 Å². The zero-order valence-corrected chi connectivity index (χ0v) is 21.3. The fraction of sp³-hybridized carbons (Fsp3) is 0.591. The summed E-state index contributed by atoms with van der Waals surface area (Å²) in [6.07, 6.45) is -14.4. The van der Waals surface area contributed by atoms with E-state index in [0.717, 1.165) is 0 Å². The highest BCUT2D eigenvalue weighted by atomic mass is 19.4. The summed E-state index contributed by atoms with van der Waals surface area (Å²) >= 11 is 0.